The van der Waals surface area contributed by atoms with E-state index in [-0.39, 0.29) is 23.1 Å². The summed E-state index contributed by atoms with van der Waals surface area (Å²) in [7, 11) is -10.9. The molecule has 0 aromatic rings. The van der Waals surface area contributed by atoms with Crippen molar-refractivity contribution in [2.24, 2.45) is 5.41 Å². The van der Waals surface area contributed by atoms with Gasteiger partial charge in [0.1, 0.15) is 0 Å². The summed E-state index contributed by atoms with van der Waals surface area (Å²) in [5.74, 6) is 0. The summed E-state index contributed by atoms with van der Waals surface area (Å²) in [6.07, 6.45) is 6.66. The minimum atomic E-state index is -2.83. The lowest BCUT2D eigenvalue weighted by Crippen LogP contribution is -2.46. The van der Waals surface area contributed by atoms with Crippen LogP contribution in [0.3, 0.4) is 0 Å². The number of ether oxygens (including phenoxy) is 2. The molecule has 0 saturated heterocycles. The predicted octanol–water partition coefficient (Wildman–Crippen LogP) is 11.0. The van der Waals surface area contributed by atoms with Crippen LogP contribution >= 0.6 is 49.7 Å². The molecule has 0 aliphatic heterocycles. The zero-order chi connectivity index (χ0) is 53.2. The number of hydrogen-bond acceptors (Lipinski definition) is 18. The topological polar surface area (TPSA) is 163 Å². The van der Waals surface area contributed by atoms with Crippen LogP contribution in [0, 0.1) is 5.41 Å². The quantitative estimate of drug-likeness (QED) is 0.0256. The molecular formula is C46H96O16S4Si4. The lowest BCUT2D eigenvalue weighted by molar-refractivity contribution is -0.116. The molecule has 0 amide bonds. The normalized spacial score (nSPS) is 12.4. The first-order valence-electron chi connectivity index (χ1n) is 25.9. The summed E-state index contributed by atoms with van der Waals surface area (Å²) in [5.41, 5.74) is -0.576. The molecule has 0 aliphatic rings. The molecule has 0 unspecified atom stereocenters. The molecule has 16 nitrogen and oxygen atoms in total. The zero-order valence-corrected chi connectivity index (χ0v) is 52.7. The van der Waals surface area contributed by atoms with Crippen LogP contribution in [0.4, 0.5) is 0 Å². The van der Waals surface area contributed by atoms with Crippen LogP contribution < -0.4 is 0 Å². The molecule has 0 atom stereocenters. The first-order chi connectivity index (χ1) is 33.5. The monoisotopic (exact) mass is 1140 g/mol. The maximum absolute atomic E-state index is 12.2. The van der Waals surface area contributed by atoms with E-state index in [4.69, 9.17) is 87.0 Å². The van der Waals surface area contributed by atoms with E-state index in [2.05, 4.69) is 25.3 Å². The molecule has 0 rings (SSSR count). The molecule has 0 fully saturated rings. The zero-order valence-electron chi connectivity index (χ0n) is 45.2. The van der Waals surface area contributed by atoms with Crippen molar-refractivity contribution in [2.75, 3.05) is 92.5 Å². The number of thiol groups is 2. The second-order valence-corrected chi connectivity index (χ2v) is 28.6. The second kappa shape index (κ2) is 44.3. The molecule has 0 heterocycles. The van der Waals surface area contributed by atoms with Crippen LogP contribution in [-0.2, 0) is 72.2 Å². The third-order valence-corrected chi connectivity index (χ3v) is 23.9. The molecule has 0 aromatic carbocycles. The summed E-state index contributed by atoms with van der Waals surface area (Å²) >= 11 is 18.9. The van der Waals surface area contributed by atoms with E-state index < -0.39 is 40.6 Å². The van der Waals surface area contributed by atoms with Gasteiger partial charge in [0.2, 0.25) is 0 Å². The van der Waals surface area contributed by atoms with Crippen molar-refractivity contribution in [2.45, 2.75) is 178 Å². The van der Waals surface area contributed by atoms with Crippen molar-refractivity contribution < 1.29 is 72.2 Å². The van der Waals surface area contributed by atoms with E-state index in [1.54, 1.807) is 0 Å². The van der Waals surface area contributed by atoms with Gasteiger partial charge >= 0.3 is 35.2 Å². The van der Waals surface area contributed by atoms with Crippen molar-refractivity contribution in [1.29, 1.82) is 0 Å². The van der Waals surface area contributed by atoms with Crippen molar-refractivity contribution >= 4 is 105 Å². The Morgan fingerprint density at radius 3 is 0.786 bits per heavy atom. The van der Waals surface area contributed by atoms with E-state index in [1.165, 1.54) is 0 Å². The Bertz CT molecular complexity index is 1190. The first kappa shape index (κ1) is 72.3. The highest BCUT2D eigenvalue weighted by Crippen LogP contribution is 2.42. The number of hydrogen-bond donors (Lipinski definition) is 2. The Morgan fingerprint density at radius 1 is 0.371 bits per heavy atom. The lowest BCUT2D eigenvalue weighted by Gasteiger charge is -2.35. The average Bonchev–Trinajstić information content (AvgIpc) is 3.28. The average molecular weight is 1150 g/mol. The lowest BCUT2D eigenvalue weighted by atomic mass is 9.74. The van der Waals surface area contributed by atoms with Gasteiger partial charge in [-0.05, 0) is 158 Å². The Morgan fingerprint density at radius 2 is 0.586 bits per heavy atom. The van der Waals surface area contributed by atoms with Gasteiger partial charge in [0.05, 0.1) is 13.2 Å². The fourth-order valence-electron chi connectivity index (χ4n) is 8.02. The molecule has 0 radical (unpaired) electrons. The van der Waals surface area contributed by atoms with Crippen LogP contribution in [0.25, 0.3) is 0 Å². The van der Waals surface area contributed by atoms with Gasteiger partial charge in [-0.2, -0.15) is 0 Å². The molecule has 0 aromatic heterocycles. The number of carbonyl (C=O) groups is 2. The Kier molecular flexibility index (Phi) is 45.8. The third kappa shape index (κ3) is 33.3. The maximum atomic E-state index is 12.2. The van der Waals surface area contributed by atoms with Crippen molar-refractivity contribution in [1.82, 2.24) is 0 Å². The van der Waals surface area contributed by atoms with Crippen molar-refractivity contribution in [3.05, 3.63) is 0 Å². The summed E-state index contributed by atoms with van der Waals surface area (Å²) in [4.78, 5) is 24.3. The van der Waals surface area contributed by atoms with E-state index in [9.17, 15) is 9.59 Å². The van der Waals surface area contributed by atoms with Gasteiger partial charge in [0.15, 0.2) is 20.3 Å². The molecule has 0 spiro atoms. The summed E-state index contributed by atoms with van der Waals surface area (Å²) < 4.78 is 82.5. The van der Waals surface area contributed by atoms with Crippen LogP contribution in [0.1, 0.15) is 154 Å². The van der Waals surface area contributed by atoms with Gasteiger partial charge < -0.3 is 62.6 Å². The SMILES string of the molecule is CCO[Si](CCCC(CCC[Si](OCC)(OCC)OCC)(CC(=O)S)CC(=O)S)(OCC)OCC.CCO[Si](CCCOC(=S)CCCC(=S)OCCC[Si](OCC)(OCC)OCC)(OCC)OCC. The van der Waals surface area contributed by atoms with Crippen LogP contribution in [0.5, 0.6) is 0 Å². The van der Waals surface area contributed by atoms with Gasteiger partial charge in [-0.25, -0.2) is 0 Å². The van der Waals surface area contributed by atoms with E-state index in [0.29, 0.717) is 165 Å². The first-order valence-corrected chi connectivity index (χ1v) is 35.3. The number of carbonyl (C=O) groups excluding carboxylic acids is 2. The van der Waals surface area contributed by atoms with Gasteiger partial charge in [-0.15, -0.1) is 25.3 Å². The molecule has 416 valence electrons. The highest BCUT2D eigenvalue weighted by atomic mass is 32.1. The fraction of sp³-hybridized carbons (Fsp3) is 0.913. The maximum Gasteiger partial charge on any atom is 0.501 e. The smallest absolute Gasteiger partial charge is 0.487 e. The van der Waals surface area contributed by atoms with E-state index in [0.717, 1.165) is 19.3 Å². The van der Waals surface area contributed by atoms with Crippen LogP contribution in [0.2, 0.25) is 24.2 Å². The highest BCUT2D eigenvalue weighted by molar-refractivity contribution is 7.96. The van der Waals surface area contributed by atoms with Gasteiger partial charge in [0, 0.05) is 129 Å². The van der Waals surface area contributed by atoms with Gasteiger partial charge in [-0.1, -0.05) is 0 Å². The van der Waals surface area contributed by atoms with E-state index >= 15 is 0 Å². The molecule has 0 bridgehead atoms. The minimum absolute atomic E-state index is 0.182. The predicted molar refractivity (Wildman–Crippen MR) is 300 cm³/mol. The second-order valence-electron chi connectivity index (χ2n) is 15.8. The summed E-state index contributed by atoms with van der Waals surface area (Å²) in [5, 5.41) is 0.686. The van der Waals surface area contributed by atoms with Gasteiger partial charge in [0.25, 0.3) is 0 Å². The van der Waals surface area contributed by atoms with Crippen LogP contribution in [-0.4, -0.2) is 148 Å². The van der Waals surface area contributed by atoms with Gasteiger partial charge in [-0.3, -0.25) is 9.59 Å². The largest absolute Gasteiger partial charge is 0.501 e. The Hall–Kier alpha value is 0.208. The number of thiocarbonyl (C=S) groups is 2. The molecular weight excluding hydrogens is 1050 g/mol. The molecule has 70 heavy (non-hydrogen) atoms. The standard InChI is InChI=1S/2C23H48O8S2Si2/c1-7-26-34(27-8-2,28-9-3)20-14-18-24-22(32)16-13-17-23(33)25-19-15-21-35(29-10-4,30-11-5)31-12-6;1-7-26-34(27-8-2,28-9-3)17-13-15-23(19-21(24)32,20-22(25)33)16-14-18-35(29-10-4,30-11-5)31-12-6/h7-21H2,1-6H3;7-20H2,1-6H3,(H,24,32)(H,25,33). The molecule has 0 N–H and O–H groups in total. The molecule has 0 aliphatic carbocycles. The van der Waals surface area contributed by atoms with E-state index in [1.807, 2.05) is 83.1 Å². The van der Waals surface area contributed by atoms with Crippen molar-refractivity contribution in [3.8, 4) is 0 Å². The molecule has 24 heteroatoms. The summed E-state index contributed by atoms with van der Waals surface area (Å²) in [6.45, 7) is 30.8. The fourth-order valence-corrected chi connectivity index (χ4v) is 19.5. The third-order valence-electron chi connectivity index (χ3n) is 10.3. The number of rotatable bonds is 48. The highest BCUT2D eigenvalue weighted by Gasteiger charge is 2.44. The Balaban J connectivity index is 0. The van der Waals surface area contributed by atoms with Crippen molar-refractivity contribution in [3.63, 3.8) is 0 Å². The van der Waals surface area contributed by atoms with Crippen LogP contribution in [0.15, 0.2) is 0 Å². The Labute approximate surface area is 450 Å². The summed E-state index contributed by atoms with van der Waals surface area (Å²) in [6, 6.07) is 2.65. The molecule has 0 saturated carbocycles. The minimum Gasteiger partial charge on any atom is -0.487 e.